The van der Waals surface area contributed by atoms with Gasteiger partial charge < -0.3 is 14.8 Å². The van der Waals surface area contributed by atoms with Crippen molar-refractivity contribution >= 4 is 28.9 Å². The quantitative estimate of drug-likeness (QED) is 0.909. The minimum Gasteiger partial charge on any atom is -0.467 e. The summed E-state index contributed by atoms with van der Waals surface area (Å²) in [7, 11) is 2.97. The molecule has 0 bridgehead atoms. The van der Waals surface area contributed by atoms with Crippen molar-refractivity contribution in [3.63, 3.8) is 0 Å². The monoisotopic (exact) mass is 286 g/mol. The number of rotatable bonds is 5. The number of methoxy groups -OCH3 is 2. The normalized spacial score (nSPS) is 10.2. The zero-order valence-corrected chi connectivity index (χ0v) is 11.4. The summed E-state index contributed by atoms with van der Waals surface area (Å²) in [4.78, 5) is 13.1. The number of aromatic nitrogens is 3. The first-order valence-electron chi connectivity index (χ1n) is 5.03. The van der Waals surface area contributed by atoms with Gasteiger partial charge in [0.2, 0.25) is 5.95 Å². The van der Waals surface area contributed by atoms with Crippen molar-refractivity contribution in [3.8, 4) is 12.0 Å². The van der Waals surface area contributed by atoms with E-state index in [1.165, 1.54) is 25.6 Å². The molecule has 0 aliphatic carbocycles. The van der Waals surface area contributed by atoms with E-state index in [0.29, 0.717) is 12.5 Å². The van der Waals surface area contributed by atoms with Crippen LogP contribution in [0.4, 0.5) is 5.95 Å². The summed E-state index contributed by atoms with van der Waals surface area (Å²) >= 11 is 7.34. The highest BCUT2D eigenvalue weighted by atomic mass is 35.5. The maximum Gasteiger partial charge on any atom is 0.324 e. The Balaban J connectivity index is 2.08. The first-order valence-corrected chi connectivity index (χ1v) is 6.23. The largest absolute Gasteiger partial charge is 0.467 e. The van der Waals surface area contributed by atoms with Crippen LogP contribution in [0.15, 0.2) is 12.1 Å². The molecule has 0 radical (unpaired) electrons. The minimum absolute atomic E-state index is 0.202. The molecule has 0 saturated heterocycles. The molecule has 96 valence electrons. The highest BCUT2D eigenvalue weighted by Gasteiger charge is 2.07. The van der Waals surface area contributed by atoms with Gasteiger partial charge in [0, 0.05) is 4.88 Å². The van der Waals surface area contributed by atoms with E-state index in [4.69, 9.17) is 21.1 Å². The zero-order chi connectivity index (χ0) is 13.0. The van der Waals surface area contributed by atoms with Crippen molar-refractivity contribution in [2.45, 2.75) is 6.54 Å². The molecule has 0 spiro atoms. The van der Waals surface area contributed by atoms with E-state index in [9.17, 15) is 0 Å². The van der Waals surface area contributed by atoms with E-state index in [1.54, 1.807) is 0 Å². The fourth-order valence-corrected chi connectivity index (χ4v) is 2.24. The molecule has 0 aliphatic rings. The van der Waals surface area contributed by atoms with Crippen molar-refractivity contribution in [3.05, 3.63) is 21.3 Å². The molecule has 2 rings (SSSR count). The van der Waals surface area contributed by atoms with E-state index in [1.807, 2.05) is 12.1 Å². The van der Waals surface area contributed by atoms with Gasteiger partial charge in [-0.15, -0.1) is 16.3 Å². The predicted molar refractivity (Wildman–Crippen MR) is 69.6 cm³/mol. The second-order valence-electron chi connectivity index (χ2n) is 3.19. The fourth-order valence-electron chi connectivity index (χ4n) is 1.21. The summed E-state index contributed by atoms with van der Waals surface area (Å²) in [5, 5.41) is 3.05. The first kappa shape index (κ1) is 12.8. The van der Waals surface area contributed by atoms with Gasteiger partial charge in [0.05, 0.1) is 25.1 Å². The SMILES string of the molecule is COc1nc(NCc2ccc(Cl)s2)nc(OC)n1. The molecule has 2 aromatic rings. The molecule has 18 heavy (non-hydrogen) atoms. The Labute approximate surface area is 113 Å². The lowest BCUT2D eigenvalue weighted by molar-refractivity contribution is 0.341. The predicted octanol–water partition coefficient (Wildman–Crippen LogP) is 2.22. The molecule has 0 aromatic carbocycles. The Kier molecular flexibility index (Phi) is 4.16. The van der Waals surface area contributed by atoms with Gasteiger partial charge in [0.25, 0.3) is 0 Å². The Morgan fingerprint density at radius 1 is 1.17 bits per heavy atom. The zero-order valence-electron chi connectivity index (χ0n) is 9.81. The lowest BCUT2D eigenvalue weighted by Crippen LogP contribution is -2.06. The topological polar surface area (TPSA) is 69.2 Å². The molecule has 0 amide bonds. The number of hydrogen-bond donors (Lipinski definition) is 1. The molecular weight excluding hydrogens is 276 g/mol. The average molecular weight is 287 g/mol. The molecule has 2 aromatic heterocycles. The first-order chi connectivity index (χ1) is 8.71. The van der Waals surface area contributed by atoms with Crippen LogP contribution in [0.3, 0.4) is 0 Å². The lowest BCUT2D eigenvalue weighted by atomic mass is 10.5. The summed E-state index contributed by atoms with van der Waals surface area (Å²) in [6, 6.07) is 4.19. The molecule has 0 atom stereocenters. The number of nitrogens with one attached hydrogen (secondary N) is 1. The third kappa shape index (κ3) is 3.21. The molecule has 8 heteroatoms. The fraction of sp³-hybridized carbons (Fsp3) is 0.300. The summed E-state index contributed by atoms with van der Waals surface area (Å²) in [5.41, 5.74) is 0. The molecule has 0 fully saturated rings. The number of nitrogens with zero attached hydrogens (tertiary/aromatic N) is 3. The number of anilines is 1. The van der Waals surface area contributed by atoms with Crippen LogP contribution in [0.25, 0.3) is 0 Å². The van der Waals surface area contributed by atoms with Crippen molar-refractivity contribution < 1.29 is 9.47 Å². The third-order valence-corrected chi connectivity index (χ3v) is 3.24. The van der Waals surface area contributed by atoms with Gasteiger partial charge in [-0.25, -0.2) is 0 Å². The van der Waals surface area contributed by atoms with Crippen LogP contribution in [-0.2, 0) is 6.54 Å². The van der Waals surface area contributed by atoms with Crippen LogP contribution in [0.2, 0.25) is 4.34 Å². The Morgan fingerprint density at radius 3 is 2.33 bits per heavy atom. The maximum atomic E-state index is 5.85. The van der Waals surface area contributed by atoms with Crippen molar-refractivity contribution in [2.75, 3.05) is 19.5 Å². The lowest BCUT2D eigenvalue weighted by Gasteiger charge is -2.06. The molecule has 0 unspecified atom stereocenters. The van der Waals surface area contributed by atoms with E-state index in [2.05, 4.69) is 20.3 Å². The van der Waals surface area contributed by atoms with Gasteiger partial charge in [-0.05, 0) is 12.1 Å². The second kappa shape index (κ2) is 5.83. The summed E-state index contributed by atoms with van der Waals surface area (Å²) in [5.74, 6) is 0.392. The Bertz CT molecular complexity index is 512. The van der Waals surface area contributed by atoms with Crippen LogP contribution < -0.4 is 14.8 Å². The van der Waals surface area contributed by atoms with E-state index >= 15 is 0 Å². The summed E-state index contributed by atoms with van der Waals surface area (Å²) in [6.45, 7) is 0.577. The van der Waals surface area contributed by atoms with Crippen LogP contribution >= 0.6 is 22.9 Å². The van der Waals surface area contributed by atoms with Crippen LogP contribution in [0, 0.1) is 0 Å². The van der Waals surface area contributed by atoms with Gasteiger partial charge in [-0.3, -0.25) is 0 Å². The number of halogens is 1. The number of hydrogen-bond acceptors (Lipinski definition) is 7. The summed E-state index contributed by atoms with van der Waals surface area (Å²) < 4.78 is 10.7. The van der Waals surface area contributed by atoms with E-state index < -0.39 is 0 Å². The van der Waals surface area contributed by atoms with E-state index in [0.717, 1.165) is 9.21 Å². The highest BCUT2D eigenvalue weighted by molar-refractivity contribution is 7.16. The average Bonchev–Trinajstić information content (AvgIpc) is 2.81. The highest BCUT2D eigenvalue weighted by Crippen LogP contribution is 2.22. The molecule has 0 saturated carbocycles. The van der Waals surface area contributed by atoms with E-state index in [-0.39, 0.29) is 12.0 Å². The van der Waals surface area contributed by atoms with Crippen LogP contribution in [0.1, 0.15) is 4.88 Å². The van der Waals surface area contributed by atoms with Crippen molar-refractivity contribution in [2.24, 2.45) is 0 Å². The molecule has 1 N–H and O–H groups in total. The smallest absolute Gasteiger partial charge is 0.324 e. The minimum atomic E-state index is 0.202. The van der Waals surface area contributed by atoms with Crippen LogP contribution in [-0.4, -0.2) is 29.2 Å². The third-order valence-electron chi connectivity index (χ3n) is 2.01. The van der Waals surface area contributed by atoms with Crippen LogP contribution in [0.5, 0.6) is 12.0 Å². The molecule has 0 aliphatic heterocycles. The molecule has 6 nitrogen and oxygen atoms in total. The Morgan fingerprint density at radius 2 is 1.83 bits per heavy atom. The standard InChI is InChI=1S/C10H11ClN4O2S/c1-16-9-13-8(14-10(15-9)17-2)12-5-6-3-4-7(11)18-6/h3-4H,5H2,1-2H3,(H,12,13,14,15). The summed E-state index contributed by atoms with van der Waals surface area (Å²) in [6.07, 6.45) is 0. The molecule has 2 heterocycles. The van der Waals surface area contributed by atoms with Gasteiger partial charge in [-0.1, -0.05) is 11.6 Å². The second-order valence-corrected chi connectivity index (χ2v) is 4.99. The Hall–Kier alpha value is -1.60. The van der Waals surface area contributed by atoms with Crippen molar-refractivity contribution in [1.82, 2.24) is 15.0 Å². The molecular formula is C10H11ClN4O2S. The van der Waals surface area contributed by atoms with Gasteiger partial charge in [0.1, 0.15) is 0 Å². The van der Waals surface area contributed by atoms with Crippen molar-refractivity contribution in [1.29, 1.82) is 0 Å². The number of ether oxygens (including phenoxy) is 2. The van der Waals surface area contributed by atoms with Gasteiger partial charge in [-0.2, -0.15) is 9.97 Å². The number of thiophene rings is 1. The van der Waals surface area contributed by atoms with Gasteiger partial charge in [0.15, 0.2) is 0 Å². The maximum absolute atomic E-state index is 5.85. The van der Waals surface area contributed by atoms with Gasteiger partial charge >= 0.3 is 12.0 Å².